The van der Waals surface area contributed by atoms with Crippen LogP contribution in [-0.4, -0.2) is 15.9 Å². The van der Waals surface area contributed by atoms with Gasteiger partial charge in [0.1, 0.15) is 5.76 Å². The van der Waals surface area contributed by atoms with E-state index in [2.05, 4.69) is 27.8 Å². The van der Waals surface area contributed by atoms with E-state index in [0.717, 1.165) is 35.8 Å². The predicted octanol–water partition coefficient (Wildman–Crippen LogP) is 3.27. The van der Waals surface area contributed by atoms with E-state index in [1.54, 1.807) is 17.6 Å². The van der Waals surface area contributed by atoms with Crippen molar-refractivity contribution in [1.82, 2.24) is 14.7 Å². The van der Waals surface area contributed by atoms with E-state index in [1.165, 1.54) is 0 Å². The highest BCUT2D eigenvalue weighted by molar-refractivity contribution is 7.15. The van der Waals surface area contributed by atoms with Crippen molar-refractivity contribution >= 4 is 16.3 Å². The number of thiazole rings is 1. The molecule has 0 aromatic carbocycles. The summed E-state index contributed by atoms with van der Waals surface area (Å²) in [5.41, 5.74) is 1.09. The monoisotopic (exact) mass is 275 g/mol. The van der Waals surface area contributed by atoms with Crippen molar-refractivity contribution in [3.8, 4) is 0 Å². The summed E-state index contributed by atoms with van der Waals surface area (Å²) in [7, 11) is 0. The van der Waals surface area contributed by atoms with E-state index in [-0.39, 0.29) is 6.04 Å². The smallest absolute Gasteiger partial charge is 0.193 e. The zero-order valence-electron chi connectivity index (χ0n) is 10.9. The lowest BCUT2D eigenvalue weighted by Crippen LogP contribution is -2.23. The average molecular weight is 275 g/mol. The van der Waals surface area contributed by atoms with Gasteiger partial charge in [-0.05, 0) is 25.1 Å². The first-order valence-corrected chi connectivity index (χ1v) is 7.42. The van der Waals surface area contributed by atoms with Crippen LogP contribution in [0, 0.1) is 0 Å². The molecule has 3 aromatic heterocycles. The number of aromatic nitrogens is 2. The van der Waals surface area contributed by atoms with Crippen LogP contribution in [0.5, 0.6) is 0 Å². The van der Waals surface area contributed by atoms with Gasteiger partial charge < -0.3 is 9.73 Å². The number of nitrogens with one attached hydrogen (secondary N) is 1. The van der Waals surface area contributed by atoms with E-state index in [1.807, 2.05) is 23.7 Å². The van der Waals surface area contributed by atoms with Gasteiger partial charge in [0.05, 0.1) is 18.0 Å². The average Bonchev–Trinajstić information content (AvgIpc) is 3.09. The zero-order valence-corrected chi connectivity index (χ0v) is 11.7. The summed E-state index contributed by atoms with van der Waals surface area (Å²) >= 11 is 1.66. The maximum absolute atomic E-state index is 5.53. The number of hydrogen-bond acceptors (Lipinski definition) is 4. The minimum atomic E-state index is 0.194. The lowest BCUT2D eigenvalue weighted by molar-refractivity contribution is 0.409. The molecular formula is C14H17N3OS. The Morgan fingerprint density at radius 2 is 2.47 bits per heavy atom. The Morgan fingerprint density at radius 1 is 1.53 bits per heavy atom. The van der Waals surface area contributed by atoms with Gasteiger partial charge in [0.2, 0.25) is 0 Å². The standard InChI is InChI=1S/C14H17N3OS/c1-2-5-15-12(13-4-3-7-18-13)9-11-10-17-6-8-19-14(17)16-11/h3-4,6-8,10,12,15H,2,5,9H2,1H3. The van der Waals surface area contributed by atoms with Crippen molar-refractivity contribution in [3.05, 3.63) is 47.6 Å². The van der Waals surface area contributed by atoms with Crippen LogP contribution < -0.4 is 5.32 Å². The number of hydrogen-bond donors (Lipinski definition) is 1. The number of rotatable bonds is 6. The van der Waals surface area contributed by atoms with Crippen molar-refractivity contribution in [3.63, 3.8) is 0 Å². The molecule has 0 aliphatic carbocycles. The molecule has 0 saturated heterocycles. The Kier molecular flexibility index (Phi) is 3.66. The molecule has 1 unspecified atom stereocenters. The van der Waals surface area contributed by atoms with Gasteiger partial charge in [-0.25, -0.2) is 4.98 Å². The van der Waals surface area contributed by atoms with Crippen LogP contribution >= 0.6 is 11.3 Å². The third kappa shape index (κ3) is 2.72. The topological polar surface area (TPSA) is 42.5 Å². The van der Waals surface area contributed by atoms with Gasteiger partial charge in [-0.1, -0.05) is 6.92 Å². The van der Waals surface area contributed by atoms with Gasteiger partial charge >= 0.3 is 0 Å². The highest BCUT2D eigenvalue weighted by Crippen LogP contribution is 2.20. The van der Waals surface area contributed by atoms with Crippen molar-refractivity contribution in [2.24, 2.45) is 0 Å². The van der Waals surface area contributed by atoms with Gasteiger partial charge in [-0.3, -0.25) is 4.40 Å². The molecule has 0 radical (unpaired) electrons. The quantitative estimate of drug-likeness (QED) is 0.750. The fourth-order valence-electron chi connectivity index (χ4n) is 2.17. The van der Waals surface area contributed by atoms with Crippen LogP contribution in [-0.2, 0) is 6.42 Å². The molecule has 1 atom stereocenters. The van der Waals surface area contributed by atoms with Gasteiger partial charge in [0.25, 0.3) is 0 Å². The summed E-state index contributed by atoms with van der Waals surface area (Å²) in [6, 6.07) is 4.15. The van der Waals surface area contributed by atoms with Crippen LogP contribution in [0.15, 0.2) is 40.6 Å². The lowest BCUT2D eigenvalue weighted by atomic mass is 10.1. The number of nitrogens with zero attached hydrogens (tertiary/aromatic N) is 2. The Balaban J connectivity index is 1.78. The van der Waals surface area contributed by atoms with Crippen LogP contribution in [0.1, 0.15) is 30.8 Å². The minimum Gasteiger partial charge on any atom is -0.468 e. The van der Waals surface area contributed by atoms with Crippen molar-refractivity contribution in [1.29, 1.82) is 0 Å². The molecule has 0 aliphatic rings. The first kappa shape index (κ1) is 12.4. The van der Waals surface area contributed by atoms with E-state index in [4.69, 9.17) is 4.42 Å². The summed E-state index contributed by atoms with van der Waals surface area (Å²) in [6.45, 7) is 3.15. The van der Waals surface area contributed by atoms with Crippen molar-refractivity contribution in [2.45, 2.75) is 25.8 Å². The highest BCUT2D eigenvalue weighted by atomic mass is 32.1. The largest absolute Gasteiger partial charge is 0.468 e. The second-order valence-corrected chi connectivity index (χ2v) is 5.42. The fraction of sp³-hybridized carbons (Fsp3) is 0.357. The Bertz CT molecular complexity index is 598. The molecule has 0 fully saturated rings. The molecule has 0 amide bonds. The SMILES string of the molecule is CCCNC(Cc1cn2ccsc2n1)c1ccco1. The van der Waals surface area contributed by atoms with Crippen molar-refractivity contribution < 1.29 is 4.42 Å². The molecule has 4 nitrogen and oxygen atoms in total. The van der Waals surface area contributed by atoms with Gasteiger partial charge in [0, 0.05) is 24.2 Å². The third-order valence-corrected chi connectivity index (χ3v) is 3.85. The fourth-order valence-corrected chi connectivity index (χ4v) is 2.88. The first-order chi connectivity index (χ1) is 9.36. The Morgan fingerprint density at radius 3 is 3.21 bits per heavy atom. The normalized spacial score (nSPS) is 13.1. The summed E-state index contributed by atoms with van der Waals surface area (Å²) in [4.78, 5) is 5.68. The second kappa shape index (κ2) is 5.59. The molecular weight excluding hydrogens is 258 g/mol. The molecule has 19 heavy (non-hydrogen) atoms. The Hall–Kier alpha value is -1.59. The molecule has 1 N–H and O–H groups in total. The van der Waals surface area contributed by atoms with Crippen LogP contribution in [0.25, 0.3) is 4.96 Å². The zero-order chi connectivity index (χ0) is 13.1. The molecule has 0 aliphatic heterocycles. The summed E-state index contributed by atoms with van der Waals surface area (Å²) in [6.07, 6.45) is 7.81. The molecule has 3 rings (SSSR count). The number of fused-ring (bicyclic) bond motifs is 1. The van der Waals surface area contributed by atoms with Crippen LogP contribution in [0.4, 0.5) is 0 Å². The number of imidazole rings is 1. The van der Waals surface area contributed by atoms with Crippen LogP contribution in [0.3, 0.4) is 0 Å². The molecule has 0 bridgehead atoms. The molecule has 5 heteroatoms. The first-order valence-electron chi connectivity index (χ1n) is 6.54. The van der Waals surface area contributed by atoms with Crippen molar-refractivity contribution in [2.75, 3.05) is 6.54 Å². The summed E-state index contributed by atoms with van der Waals surface area (Å²) in [5.74, 6) is 0.977. The van der Waals surface area contributed by atoms with Gasteiger partial charge in [0.15, 0.2) is 4.96 Å². The van der Waals surface area contributed by atoms with E-state index in [9.17, 15) is 0 Å². The summed E-state index contributed by atoms with van der Waals surface area (Å²) in [5, 5.41) is 5.56. The van der Waals surface area contributed by atoms with Gasteiger partial charge in [-0.2, -0.15) is 0 Å². The highest BCUT2D eigenvalue weighted by Gasteiger charge is 2.16. The van der Waals surface area contributed by atoms with E-state index >= 15 is 0 Å². The second-order valence-electron chi connectivity index (χ2n) is 4.55. The predicted molar refractivity (Wildman–Crippen MR) is 76.5 cm³/mol. The molecule has 3 heterocycles. The van der Waals surface area contributed by atoms with E-state index < -0.39 is 0 Å². The molecule has 0 spiro atoms. The third-order valence-electron chi connectivity index (χ3n) is 3.08. The number of furan rings is 1. The minimum absolute atomic E-state index is 0.194. The van der Waals surface area contributed by atoms with Gasteiger partial charge in [-0.15, -0.1) is 11.3 Å². The van der Waals surface area contributed by atoms with Crippen LogP contribution in [0.2, 0.25) is 0 Å². The molecule has 3 aromatic rings. The Labute approximate surface area is 116 Å². The van der Waals surface area contributed by atoms with E-state index in [0.29, 0.717) is 0 Å². The maximum Gasteiger partial charge on any atom is 0.193 e. The maximum atomic E-state index is 5.53. The molecule has 0 saturated carbocycles. The molecule has 100 valence electrons. The lowest BCUT2D eigenvalue weighted by Gasteiger charge is -2.14. The summed E-state index contributed by atoms with van der Waals surface area (Å²) < 4.78 is 7.59.